The average molecular weight is 239 g/mol. The van der Waals surface area contributed by atoms with Gasteiger partial charge >= 0.3 is 0 Å². The lowest BCUT2D eigenvalue weighted by molar-refractivity contribution is 0.287. The van der Waals surface area contributed by atoms with Gasteiger partial charge in [-0.1, -0.05) is 11.6 Å². The molecular weight excluding hydrogens is 228 g/mol. The molecule has 0 spiro atoms. The number of H-pyrrole nitrogens is 1. The van der Waals surface area contributed by atoms with Gasteiger partial charge < -0.3 is 10.1 Å². The number of hydrogen-bond acceptors (Lipinski definition) is 3. The Hall–Kier alpha value is -1.39. The van der Waals surface area contributed by atoms with Crippen LogP contribution in [0.4, 0.5) is 0 Å². The van der Waals surface area contributed by atoms with E-state index >= 15 is 0 Å². The molecule has 0 atom stereocenters. The van der Waals surface area contributed by atoms with Gasteiger partial charge in [0.15, 0.2) is 0 Å². The van der Waals surface area contributed by atoms with Gasteiger partial charge in [0, 0.05) is 18.1 Å². The number of benzene rings is 1. The highest BCUT2D eigenvalue weighted by Crippen LogP contribution is 2.14. The topological polar surface area (TPSA) is 66.0 Å². The van der Waals surface area contributed by atoms with E-state index < -0.39 is 0 Å². The van der Waals surface area contributed by atoms with Crippen molar-refractivity contribution < 1.29 is 5.11 Å². The van der Waals surface area contributed by atoms with Crippen LogP contribution < -0.4 is 5.56 Å². The Morgan fingerprint density at radius 2 is 2.25 bits per heavy atom. The summed E-state index contributed by atoms with van der Waals surface area (Å²) in [5.41, 5.74) is 0.416. The van der Waals surface area contributed by atoms with Crippen LogP contribution in [-0.2, 0) is 6.42 Å². The highest BCUT2D eigenvalue weighted by Gasteiger charge is 2.03. The Balaban J connectivity index is 2.52. The number of nitrogens with zero attached hydrogens (tertiary/aromatic N) is 1. The second-order valence-electron chi connectivity index (χ2n) is 3.50. The lowest BCUT2D eigenvalue weighted by atomic mass is 10.2. The standard InChI is InChI=1S/C11H11ClN2O2/c12-7-3-4-8-9(6-7)13-10(2-1-5-15)14-11(8)16/h3-4,6,15H,1-2,5H2,(H,13,14,16). The Bertz CT molecular complexity index is 565. The lowest BCUT2D eigenvalue weighted by Crippen LogP contribution is -2.12. The molecule has 0 radical (unpaired) electrons. The largest absolute Gasteiger partial charge is 0.396 e. The Labute approximate surface area is 96.9 Å². The zero-order valence-corrected chi connectivity index (χ0v) is 9.29. The van der Waals surface area contributed by atoms with E-state index in [-0.39, 0.29) is 12.2 Å². The van der Waals surface area contributed by atoms with Crippen molar-refractivity contribution in [2.24, 2.45) is 0 Å². The minimum absolute atomic E-state index is 0.0806. The van der Waals surface area contributed by atoms with E-state index in [0.717, 1.165) is 0 Å². The van der Waals surface area contributed by atoms with Crippen LogP contribution in [-0.4, -0.2) is 21.7 Å². The second kappa shape index (κ2) is 4.63. The molecule has 84 valence electrons. The third-order valence-electron chi connectivity index (χ3n) is 2.29. The zero-order chi connectivity index (χ0) is 11.5. The highest BCUT2D eigenvalue weighted by atomic mass is 35.5. The van der Waals surface area contributed by atoms with E-state index in [1.165, 1.54) is 0 Å². The smallest absolute Gasteiger partial charge is 0.258 e. The molecule has 16 heavy (non-hydrogen) atoms. The molecule has 1 aromatic heterocycles. The maximum Gasteiger partial charge on any atom is 0.258 e. The molecule has 0 unspecified atom stereocenters. The van der Waals surface area contributed by atoms with Crippen LogP contribution in [0.15, 0.2) is 23.0 Å². The molecular formula is C11H11ClN2O2. The minimum Gasteiger partial charge on any atom is -0.396 e. The summed E-state index contributed by atoms with van der Waals surface area (Å²) in [4.78, 5) is 18.6. The number of nitrogens with one attached hydrogen (secondary N) is 1. The van der Waals surface area contributed by atoms with Gasteiger partial charge in [-0.05, 0) is 24.6 Å². The minimum atomic E-state index is -0.172. The summed E-state index contributed by atoms with van der Waals surface area (Å²) in [6.45, 7) is 0.0806. The molecule has 0 fully saturated rings. The summed E-state index contributed by atoms with van der Waals surface area (Å²) in [5.74, 6) is 0.578. The van der Waals surface area contributed by atoms with Crippen LogP contribution in [0.1, 0.15) is 12.2 Å². The number of aliphatic hydroxyl groups is 1. The van der Waals surface area contributed by atoms with E-state index in [1.54, 1.807) is 18.2 Å². The number of aliphatic hydroxyl groups excluding tert-OH is 1. The monoisotopic (exact) mass is 238 g/mol. The third-order valence-corrected chi connectivity index (χ3v) is 2.52. The second-order valence-corrected chi connectivity index (χ2v) is 3.94. The van der Waals surface area contributed by atoms with E-state index in [9.17, 15) is 4.79 Å². The van der Waals surface area contributed by atoms with Crippen LogP contribution in [0.5, 0.6) is 0 Å². The number of aromatic amines is 1. The average Bonchev–Trinajstić information content (AvgIpc) is 2.25. The van der Waals surface area contributed by atoms with Crippen molar-refractivity contribution in [3.63, 3.8) is 0 Å². The first kappa shape index (κ1) is 11.1. The van der Waals surface area contributed by atoms with Crippen LogP contribution >= 0.6 is 11.6 Å². The van der Waals surface area contributed by atoms with Crippen molar-refractivity contribution in [2.75, 3.05) is 6.61 Å². The molecule has 0 aliphatic rings. The molecule has 0 saturated heterocycles. The molecule has 0 aliphatic heterocycles. The van der Waals surface area contributed by atoms with Gasteiger partial charge in [-0.15, -0.1) is 0 Å². The predicted molar refractivity (Wildman–Crippen MR) is 62.8 cm³/mol. The van der Waals surface area contributed by atoms with Crippen LogP contribution in [0.2, 0.25) is 5.02 Å². The predicted octanol–water partition coefficient (Wildman–Crippen LogP) is 1.50. The maximum atomic E-state index is 11.7. The van der Waals surface area contributed by atoms with Crippen LogP contribution in [0.25, 0.3) is 10.9 Å². The number of hydrogen-bond donors (Lipinski definition) is 2. The summed E-state index contributed by atoms with van der Waals surface area (Å²) in [5, 5.41) is 9.79. The summed E-state index contributed by atoms with van der Waals surface area (Å²) in [7, 11) is 0. The molecule has 2 N–H and O–H groups in total. The van der Waals surface area contributed by atoms with Gasteiger partial charge in [0.1, 0.15) is 5.82 Å². The van der Waals surface area contributed by atoms with Crippen molar-refractivity contribution in [3.8, 4) is 0 Å². The lowest BCUT2D eigenvalue weighted by Gasteiger charge is -2.02. The third kappa shape index (κ3) is 2.23. The summed E-state index contributed by atoms with van der Waals surface area (Å²) >= 11 is 5.84. The van der Waals surface area contributed by atoms with E-state index in [4.69, 9.17) is 16.7 Å². The summed E-state index contributed by atoms with van der Waals surface area (Å²) in [6, 6.07) is 4.97. The first-order valence-corrected chi connectivity index (χ1v) is 5.38. The normalized spacial score (nSPS) is 10.9. The molecule has 2 rings (SSSR count). The number of aromatic nitrogens is 2. The van der Waals surface area contributed by atoms with Crippen molar-refractivity contribution in [3.05, 3.63) is 39.4 Å². The van der Waals surface area contributed by atoms with Gasteiger partial charge in [0.05, 0.1) is 10.9 Å². The van der Waals surface area contributed by atoms with Crippen LogP contribution in [0.3, 0.4) is 0 Å². The molecule has 0 bridgehead atoms. The molecule has 1 aromatic carbocycles. The van der Waals surface area contributed by atoms with Crippen molar-refractivity contribution in [1.29, 1.82) is 0 Å². The van der Waals surface area contributed by atoms with Gasteiger partial charge in [-0.2, -0.15) is 0 Å². The number of aryl methyl sites for hydroxylation is 1. The fourth-order valence-electron chi connectivity index (χ4n) is 1.53. The highest BCUT2D eigenvalue weighted by molar-refractivity contribution is 6.31. The van der Waals surface area contributed by atoms with Crippen molar-refractivity contribution in [2.45, 2.75) is 12.8 Å². The number of halogens is 1. The molecule has 1 heterocycles. The van der Waals surface area contributed by atoms with E-state index in [1.807, 2.05) is 0 Å². The molecule has 0 saturated carbocycles. The Kier molecular flexibility index (Phi) is 3.22. The van der Waals surface area contributed by atoms with Gasteiger partial charge in [0.2, 0.25) is 0 Å². The summed E-state index contributed by atoms with van der Waals surface area (Å²) < 4.78 is 0. The Morgan fingerprint density at radius 1 is 1.44 bits per heavy atom. The fraction of sp³-hybridized carbons (Fsp3) is 0.273. The van der Waals surface area contributed by atoms with E-state index in [2.05, 4.69) is 9.97 Å². The van der Waals surface area contributed by atoms with Gasteiger partial charge in [0.25, 0.3) is 5.56 Å². The number of rotatable bonds is 3. The molecule has 0 amide bonds. The van der Waals surface area contributed by atoms with E-state index in [0.29, 0.717) is 34.6 Å². The molecule has 5 heteroatoms. The molecule has 2 aromatic rings. The Morgan fingerprint density at radius 3 is 3.00 bits per heavy atom. The summed E-state index contributed by atoms with van der Waals surface area (Å²) in [6.07, 6.45) is 1.13. The van der Waals surface area contributed by atoms with Crippen molar-refractivity contribution in [1.82, 2.24) is 9.97 Å². The van der Waals surface area contributed by atoms with Gasteiger partial charge in [-0.3, -0.25) is 4.79 Å². The quantitative estimate of drug-likeness (QED) is 0.852. The van der Waals surface area contributed by atoms with Crippen molar-refractivity contribution >= 4 is 22.5 Å². The van der Waals surface area contributed by atoms with Gasteiger partial charge in [-0.25, -0.2) is 4.98 Å². The molecule has 4 nitrogen and oxygen atoms in total. The van der Waals surface area contributed by atoms with Crippen LogP contribution in [0, 0.1) is 0 Å². The SMILES string of the molecule is O=c1[nH]c(CCCO)nc2cc(Cl)ccc12. The maximum absolute atomic E-state index is 11.7. The first-order chi connectivity index (χ1) is 7.70. The zero-order valence-electron chi connectivity index (χ0n) is 8.53. The number of fused-ring (bicyclic) bond motifs is 1. The molecule has 0 aliphatic carbocycles. The first-order valence-electron chi connectivity index (χ1n) is 5.00. The fourth-order valence-corrected chi connectivity index (χ4v) is 1.69.